The SMILES string of the molecule is COC(=O)P(=O)([O-])[O-]. The van der Waals surface area contributed by atoms with Crippen molar-refractivity contribution in [3.05, 3.63) is 0 Å². The van der Waals surface area contributed by atoms with E-state index in [-0.39, 0.29) is 0 Å². The van der Waals surface area contributed by atoms with Gasteiger partial charge in [-0.25, -0.2) is 4.79 Å². The lowest BCUT2D eigenvalue weighted by Gasteiger charge is -2.24. The molecule has 0 aromatic rings. The summed E-state index contributed by atoms with van der Waals surface area (Å²) in [6.45, 7) is 0. The third-order valence-corrected chi connectivity index (χ3v) is 1.03. The van der Waals surface area contributed by atoms with E-state index >= 15 is 0 Å². The van der Waals surface area contributed by atoms with E-state index in [4.69, 9.17) is 0 Å². The first-order valence-electron chi connectivity index (χ1n) is 1.59. The second-order valence-electron chi connectivity index (χ2n) is 0.967. The van der Waals surface area contributed by atoms with Crippen molar-refractivity contribution in [1.82, 2.24) is 0 Å². The Morgan fingerprint density at radius 2 is 2.00 bits per heavy atom. The molecule has 0 saturated heterocycles. The Hall–Kier alpha value is -0.380. The van der Waals surface area contributed by atoms with E-state index in [1.54, 1.807) is 0 Å². The molecule has 8 heavy (non-hydrogen) atoms. The highest BCUT2D eigenvalue weighted by Crippen LogP contribution is 2.24. The summed E-state index contributed by atoms with van der Waals surface area (Å²) in [7, 11) is -4.29. The highest BCUT2D eigenvalue weighted by Gasteiger charge is 2.02. The smallest absolute Gasteiger partial charge is 0.334 e. The standard InChI is InChI=1S/C2H5O5P/c1-7-2(3)8(4,5)6/h1H3,(H2,4,5,6)/p-2. The predicted octanol–water partition coefficient (Wildman–Crippen LogP) is -1.33. The van der Waals surface area contributed by atoms with E-state index < -0.39 is 13.3 Å². The van der Waals surface area contributed by atoms with Crippen LogP contribution in [0.25, 0.3) is 0 Å². The quantitative estimate of drug-likeness (QED) is 0.418. The molecular weight excluding hydrogens is 135 g/mol. The summed E-state index contributed by atoms with van der Waals surface area (Å²) < 4.78 is 13.1. The third kappa shape index (κ3) is 2.07. The first-order chi connectivity index (χ1) is 3.48. The maximum Gasteiger partial charge on any atom is 0.334 e. The van der Waals surface area contributed by atoms with Gasteiger partial charge in [-0.05, 0) is 0 Å². The molecule has 0 N–H and O–H groups in total. The maximum atomic E-state index is 9.72. The molecule has 0 aliphatic carbocycles. The Kier molecular flexibility index (Phi) is 2.15. The van der Waals surface area contributed by atoms with Gasteiger partial charge in [0.25, 0.3) is 0 Å². The molecule has 6 heteroatoms. The Bertz CT molecular complexity index is 133. The van der Waals surface area contributed by atoms with Gasteiger partial charge < -0.3 is 19.1 Å². The Balaban J connectivity index is 4.04. The average molecular weight is 138 g/mol. The van der Waals surface area contributed by atoms with Gasteiger partial charge in [-0.1, -0.05) is 0 Å². The minimum absolute atomic E-state index is 0.824. The molecule has 0 unspecified atom stereocenters. The van der Waals surface area contributed by atoms with Gasteiger partial charge in [-0.2, -0.15) is 0 Å². The van der Waals surface area contributed by atoms with Gasteiger partial charge in [-0.3, -0.25) is 0 Å². The molecule has 0 aliphatic heterocycles. The zero-order chi connectivity index (χ0) is 6.78. The topological polar surface area (TPSA) is 89.5 Å². The van der Waals surface area contributed by atoms with E-state index in [0.29, 0.717) is 0 Å². The summed E-state index contributed by atoms with van der Waals surface area (Å²) >= 11 is 0. The van der Waals surface area contributed by atoms with Crippen LogP contribution in [0.5, 0.6) is 0 Å². The highest BCUT2D eigenvalue weighted by molar-refractivity contribution is 7.66. The largest absolute Gasteiger partial charge is 0.803 e. The Labute approximate surface area is 45.4 Å². The van der Waals surface area contributed by atoms with Gasteiger partial charge in [0.15, 0.2) is 0 Å². The van der Waals surface area contributed by atoms with Crippen LogP contribution in [0, 0.1) is 0 Å². The van der Waals surface area contributed by atoms with Crippen molar-refractivity contribution < 1.29 is 23.9 Å². The fraction of sp³-hybridized carbons (Fsp3) is 0.500. The Morgan fingerprint density at radius 3 is 2.00 bits per heavy atom. The molecule has 0 heterocycles. The summed E-state index contributed by atoms with van der Waals surface area (Å²) in [5.41, 5.74) is -1.72. The second kappa shape index (κ2) is 2.26. The lowest BCUT2D eigenvalue weighted by atomic mass is 11.5. The molecule has 0 rings (SSSR count). The molecule has 0 spiro atoms. The number of rotatable bonds is 1. The molecule has 0 aromatic heterocycles. The summed E-state index contributed by atoms with van der Waals surface area (Å²) in [6.07, 6.45) is 0. The van der Waals surface area contributed by atoms with E-state index in [1.165, 1.54) is 0 Å². The number of carbonyl (C=O) groups is 1. The Morgan fingerprint density at radius 1 is 1.62 bits per heavy atom. The van der Waals surface area contributed by atoms with Crippen molar-refractivity contribution in [2.75, 3.05) is 7.11 Å². The fourth-order valence-corrected chi connectivity index (χ4v) is 0.335. The number of ether oxygens (including phenoxy) is 1. The molecule has 0 aromatic carbocycles. The fourth-order valence-electron chi connectivity index (χ4n) is 0.112. The van der Waals surface area contributed by atoms with Crippen LogP contribution < -0.4 is 9.79 Å². The van der Waals surface area contributed by atoms with Crippen molar-refractivity contribution in [2.45, 2.75) is 0 Å². The van der Waals surface area contributed by atoms with Crippen LogP contribution in [0.2, 0.25) is 0 Å². The molecule has 0 aliphatic rings. The van der Waals surface area contributed by atoms with Gasteiger partial charge in [0.2, 0.25) is 0 Å². The summed E-state index contributed by atoms with van der Waals surface area (Å²) in [4.78, 5) is 28.8. The van der Waals surface area contributed by atoms with Crippen LogP contribution in [0.15, 0.2) is 0 Å². The minimum atomic E-state index is -5.12. The number of methoxy groups -OCH3 is 1. The minimum Gasteiger partial charge on any atom is -0.803 e. The van der Waals surface area contributed by atoms with E-state index in [0.717, 1.165) is 7.11 Å². The number of hydrogen-bond donors (Lipinski definition) is 0. The number of hydrogen-bond acceptors (Lipinski definition) is 5. The summed E-state index contributed by atoms with van der Waals surface area (Å²) in [5, 5.41) is 0. The van der Waals surface area contributed by atoms with Crippen LogP contribution in [0.4, 0.5) is 4.79 Å². The van der Waals surface area contributed by atoms with Crippen LogP contribution in [-0.2, 0) is 9.30 Å². The van der Waals surface area contributed by atoms with Gasteiger partial charge in [0.05, 0.1) is 7.11 Å². The lowest BCUT2D eigenvalue weighted by Crippen LogP contribution is -2.21. The van der Waals surface area contributed by atoms with Crippen LogP contribution in [-0.4, -0.2) is 12.8 Å². The molecule has 0 amide bonds. The molecular formula is C2H3O5P-2. The van der Waals surface area contributed by atoms with Crippen molar-refractivity contribution in [3.8, 4) is 0 Å². The highest BCUT2D eigenvalue weighted by atomic mass is 31.2. The molecule has 48 valence electrons. The third-order valence-electron chi connectivity index (χ3n) is 0.398. The first-order valence-corrected chi connectivity index (χ1v) is 3.13. The number of carbonyl (C=O) groups excluding carboxylic acids is 1. The van der Waals surface area contributed by atoms with Gasteiger partial charge in [-0.15, -0.1) is 0 Å². The summed E-state index contributed by atoms with van der Waals surface area (Å²) in [5.74, 6) is 0. The predicted molar refractivity (Wildman–Crippen MR) is 20.0 cm³/mol. The van der Waals surface area contributed by atoms with Gasteiger partial charge in [0, 0.05) is 7.60 Å². The second-order valence-corrected chi connectivity index (χ2v) is 2.33. The summed E-state index contributed by atoms with van der Waals surface area (Å²) in [6, 6.07) is 0. The van der Waals surface area contributed by atoms with E-state index in [2.05, 4.69) is 4.74 Å². The molecule has 0 bridgehead atoms. The van der Waals surface area contributed by atoms with Gasteiger partial charge in [0.1, 0.15) is 0 Å². The van der Waals surface area contributed by atoms with Crippen LogP contribution in [0.3, 0.4) is 0 Å². The molecule has 0 saturated carbocycles. The zero-order valence-corrected chi connectivity index (χ0v) is 4.88. The van der Waals surface area contributed by atoms with Crippen molar-refractivity contribution in [2.24, 2.45) is 0 Å². The van der Waals surface area contributed by atoms with E-state index in [9.17, 15) is 19.1 Å². The first kappa shape index (κ1) is 7.62. The van der Waals surface area contributed by atoms with Crippen molar-refractivity contribution in [1.29, 1.82) is 0 Å². The molecule has 0 atom stereocenters. The van der Waals surface area contributed by atoms with E-state index in [1.807, 2.05) is 0 Å². The maximum absolute atomic E-state index is 9.72. The normalized spacial score (nSPS) is 10.9. The van der Waals surface area contributed by atoms with Crippen LogP contribution >= 0.6 is 7.60 Å². The van der Waals surface area contributed by atoms with Gasteiger partial charge >= 0.3 is 5.71 Å². The monoisotopic (exact) mass is 138 g/mol. The van der Waals surface area contributed by atoms with Crippen molar-refractivity contribution in [3.63, 3.8) is 0 Å². The zero-order valence-electron chi connectivity index (χ0n) is 3.99. The average Bonchev–Trinajstić information content (AvgIpc) is 1.62. The lowest BCUT2D eigenvalue weighted by molar-refractivity contribution is -0.309. The molecule has 5 nitrogen and oxygen atoms in total. The molecule has 0 radical (unpaired) electrons. The van der Waals surface area contributed by atoms with Crippen molar-refractivity contribution >= 4 is 13.3 Å². The van der Waals surface area contributed by atoms with Crippen LogP contribution in [0.1, 0.15) is 0 Å². The molecule has 0 fully saturated rings.